The molecule has 2 unspecified atom stereocenters. The number of hydrogen-bond acceptors (Lipinski definition) is 0. The van der Waals surface area contributed by atoms with Crippen LogP contribution in [-0.2, 0) is 17.1 Å². The van der Waals surface area contributed by atoms with Gasteiger partial charge in [-0.15, -0.1) is 0 Å². The van der Waals surface area contributed by atoms with Crippen molar-refractivity contribution >= 4 is 33.8 Å². The Morgan fingerprint density at radius 1 is 0.688 bits per heavy atom. The molecule has 4 heteroatoms. The van der Waals surface area contributed by atoms with E-state index in [1.54, 1.807) is 44.5 Å². The van der Waals surface area contributed by atoms with Gasteiger partial charge in [-0.1, -0.05) is 0 Å². The van der Waals surface area contributed by atoms with Gasteiger partial charge in [-0.05, 0) is 0 Å². The summed E-state index contributed by atoms with van der Waals surface area (Å²) in [7, 11) is 0.729. The second kappa shape index (κ2) is 6.77. The van der Waals surface area contributed by atoms with Crippen LogP contribution in [-0.4, -0.2) is 21.6 Å². The third-order valence-corrected chi connectivity index (χ3v) is 176. The predicted molar refractivity (Wildman–Crippen MR) is 144 cm³/mol. The number of hydrogen-bond donors (Lipinski definition) is 0. The molecule has 164 valence electrons. The SMILES string of the molecule is CC1=Cc2c(C3CC3)cccc2[CH]1[Hf]([CH3])([CH3])([CH]1C(C)=Cc2c(C3CC3)cccc21)=[Si]1[SiH2][SiH2]1. The Bertz CT molecular complexity index is 1230. The first kappa shape index (κ1) is 20.8. The van der Waals surface area contributed by atoms with E-state index in [-0.39, 0.29) is 4.53 Å². The van der Waals surface area contributed by atoms with Gasteiger partial charge in [0.05, 0.1) is 0 Å². The van der Waals surface area contributed by atoms with E-state index in [0.29, 0.717) is 17.1 Å². The van der Waals surface area contributed by atoms with Crippen LogP contribution < -0.4 is 0 Å². The van der Waals surface area contributed by atoms with Crippen molar-refractivity contribution in [3.63, 3.8) is 0 Å². The quantitative estimate of drug-likeness (QED) is 0.357. The van der Waals surface area contributed by atoms with Crippen LogP contribution in [0.25, 0.3) is 12.2 Å². The van der Waals surface area contributed by atoms with Gasteiger partial charge in [0.25, 0.3) is 0 Å². The van der Waals surface area contributed by atoms with Gasteiger partial charge in [0.2, 0.25) is 0 Å². The molecule has 1 heterocycles. The number of allylic oxidation sites excluding steroid dienone is 2. The normalized spacial score (nSPS) is 28.1. The predicted octanol–water partition coefficient (Wildman–Crippen LogP) is 6.09. The molecular weight excluding hydrogens is 599 g/mol. The Hall–Kier alpha value is -0.559. The van der Waals surface area contributed by atoms with Crippen molar-refractivity contribution in [3.05, 3.63) is 80.9 Å². The molecule has 2 saturated carbocycles. The molecule has 2 aromatic carbocycles. The first-order chi connectivity index (χ1) is 15.4. The molecule has 3 fully saturated rings. The molecule has 0 radical (unpaired) electrons. The fraction of sp³-hybridized carbons (Fsp3) is 0.429. The number of benzene rings is 2. The summed E-state index contributed by atoms with van der Waals surface area (Å²) in [5.74, 6) is 1.72. The van der Waals surface area contributed by atoms with Gasteiger partial charge in [-0.25, -0.2) is 0 Å². The molecule has 0 amide bonds. The standard InChI is InChI=1S/2C13H13.2CH3.Hf.H4Si3/c2*1-9-7-11-3-2-4-12(10-5-6-10)13(11)8-9;;;;1-2-3-1/h2*2-4,7-8,10H,5-6H2,1H3;2*1H3;;1-2H2. The van der Waals surface area contributed by atoms with Gasteiger partial charge < -0.3 is 0 Å². The van der Waals surface area contributed by atoms with Crippen LogP contribution in [0, 0.1) is 0 Å². The van der Waals surface area contributed by atoms with E-state index in [4.69, 9.17) is 0 Å². The van der Waals surface area contributed by atoms with Crippen molar-refractivity contribution in [1.82, 2.24) is 0 Å². The van der Waals surface area contributed by atoms with Crippen molar-refractivity contribution in [1.29, 1.82) is 0 Å². The van der Waals surface area contributed by atoms with Gasteiger partial charge in [0.15, 0.2) is 0 Å². The molecule has 0 N–H and O–H groups in total. The zero-order valence-corrected chi connectivity index (χ0v) is 27.6. The van der Waals surface area contributed by atoms with E-state index in [9.17, 15) is 0 Å². The Morgan fingerprint density at radius 3 is 1.47 bits per heavy atom. The molecular formula is C28H36HfSi3. The summed E-state index contributed by atoms with van der Waals surface area (Å²) in [4.78, 5) is 0. The fourth-order valence-corrected chi connectivity index (χ4v) is 280. The monoisotopic (exact) mass is 636 g/mol. The van der Waals surface area contributed by atoms with Gasteiger partial charge in [-0.2, -0.15) is 0 Å². The minimum absolute atomic E-state index is 0.0473. The van der Waals surface area contributed by atoms with E-state index < -0.39 is 17.1 Å². The minimum atomic E-state index is -3.32. The maximum atomic E-state index is 3.01. The first-order valence-corrected chi connectivity index (χ1v) is 39.9. The van der Waals surface area contributed by atoms with Crippen LogP contribution >= 0.6 is 0 Å². The van der Waals surface area contributed by atoms with Gasteiger partial charge in [-0.3, -0.25) is 0 Å². The van der Waals surface area contributed by atoms with E-state index in [2.05, 4.69) is 71.8 Å². The molecule has 1 saturated heterocycles. The zero-order valence-electron chi connectivity index (χ0n) is 20.2. The van der Waals surface area contributed by atoms with Crippen LogP contribution in [0.1, 0.15) is 92.1 Å². The molecule has 0 aromatic heterocycles. The van der Waals surface area contributed by atoms with Crippen molar-refractivity contribution in [2.45, 2.75) is 68.1 Å². The molecule has 0 nitrogen and oxygen atoms in total. The Balaban J connectivity index is 1.47. The molecule has 7 rings (SSSR count). The Kier molecular flexibility index (Phi) is 4.40. The third kappa shape index (κ3) is 2.79. The van der Waals surface area contributed by atoms with Crippen molar-refractivity contribution in [2.75, 3.05) is 0 Å². The van der Waals surface area contributed by atoms with Crippen LogP contribution in [0.15, 0.2) is 47.5 Å². The summed E-state index contributed by atoms with van der Waals surface area (Å²) >= 11 is -3.32. The van der Waals surface area contributed by atoms with E-state index in [1.165, 1.54) is 25.7 Å². The summed E-state index contributed by atoms with van der Waals surface area (Å²) in [6.45, 7) is 5.07. The summed E-state index contributed by atoms with van der Waals surface area (Å²) in [6, 6.07) is 14.9. The Labute approximate surface area is 198 Å². The van der Waals surface area contributed by atoms with Crippen LogP contribution in [0.3, 0.4) is 0 Å². The molecule has 2 atom stereocenters. The van der Waals surface area contributed by atoms with E-state index >= 15 is 0 Å². The summed E-state index contributed by atoms with van der Waals surface area (Å²) < 4.78 is 7.74. The van der Waals surface area contributed by atoms with Gasteiger partial charge >= 0.3 is 200 Å². The first-order valence-electron chi connectivity index (χ1n) is 13.0. The molecule has 5 aliphatic rings. The third-order valence-electron chi connectivity index (χ3n) is 10.1. The van der Waals surface area contributed by atoms with Crippen LogP contribution in [0.2, 0.25) is 9.36 Å². The average molecular weight is 635 g/mol. The molecule has 0 spiro atoms. The van der Waals surface area contributed by atoms with Crippen LogP contribution in [0.5, 0.6) is 0 Å². The molecule has 1 aliphatic heterocycles. The summed E-state index contributed by atoms with van der Waals surface area (Å²) in [5.41, 5.74) is 13.9. The number of fused-ring (bicyclic) bond motifs is 2. The molecule has 32 heavy (non-hydrogen) atoms. The second-order valence-corrected chi connectivity index (χ2v) is 93.6. The van der Waals surface area contributed by atoms with Crippen molar-refractivity contribution in [3.8, 4) is 0 Å². The van der Waals surface area contributed by atoms with E-state index in [0.717, 1.165) is 19.2 Å². The molecule has 0 bridgehead atoms. The topological polar surface area (TPSA) is 0 Å². The van der Waals surface area contributed by atoms with Gasteiger partial charge in [0, 0.05) is 0 Å². The maximum absolute atomic E-state index is 3.32. The molecule has 2 aromatic rings. The fourth-order valence-electron chi connectivity index (χ4n) is 8.44. The van der Waals surface area contributed by atoms with Crippen molar-refractivity contribution < 1.29 is 17.1 Å². The summed E-state index contributed by atoms with van der Waals surface area (Å²) in [6.07, 6.45) is 11.0. The van der Waals surface area contributed by atoms with E-state index in [1.807, 2.05) is 0 Å². The second-order valence-electron chi connectivity index (χ2n) is 12.6. The Morgan fingerprint density at radius 2 is 1.09 bits per heavy atom. The van der Waals surface area contributed by atoms with Gasteiger partial charge in [0.1, 0.15) is 0 Å². The van der Waals surface area contributed by atoms with Crippen molar-refractivity contribution in [2.24, 2.45) is 0 Å². The van der Waals surface area contributed by atoms with Crippen LogP contribution in [0.4, 0.5) is 0 Å². The average Bonchev–Trinajstić information content (AvgIpc) is 3.60. The molecule has 4 aliphatic carbocycles. The summed E-state index contributed by atoms with van der Waals surface area (Å²) in [5, 5.41) is 0. The number of rotatable bonds is 4. The zero-order chi connectivity index (χ0) is 21.9.